The second-order valence-electron chi connectivity index (χ2n) is 11.4. The van der Waals surface area contributed by atoms with E-state index in [0.29, 0.717) is 13.1 Å². The molecule has 0 amide bonds. The first-order chi connectivity index (χ1) is 25.1. The van der Waals surface area contributed by atoms with Crippen molar-refractivity contribution in [2.75, 3.05) is 6.54 Å². The molecule has 51 heavy (non-hydrogen) atoms. The van der Waals surface area contributed by atoms with Gasteiger partial charge in [-0.2, -0.15) is 0 Å². The summed E-state index contributed by atoms with van der Waals surface area (Å²) in [5.41, 5.74) is 14.1. The van der Waals surface area contributed by atoms with E-state index in [1.807, 2.05) is 67.3 Å². The fourth-order valence-corrected chi connectivity index (χ4v) is 7.54. The first kappa shape index (κ1) is 40.3. The fraction of sp³-hybridized carbons (Fsp3) is 0.178. The normalized spacial score (nSPS) is 15.1. The highest BCUT2D eigenvalue weighted by atomic mass is 32.2. The highest BCUT2D eigenvalue weighted by Crippen LogP contribution is 2.58. The number of hydrogen-bond acceptors (Lipinski definition) is 6. The van der Waals surface area contributed by atoms with Gasteiger partial charge < -0.3 is 0 Å². The van der Waals surface area contributed by atoms with Crippen LogP contribution < -0.4 is 11.3 Å². The summed E-state index contributed by atoms with van der Waals surface area (Å²) in [7, 11) is 0. The summed E-state index contributed by atoms with van der Waals surface area (Å²) in [4.78, 5) is 13.2. The Bertz CT molecular complexity index is 1810. The second kappa shape index (κ2) is 21.8. The Balaban J connectivity index is 0.000000304. The average molecular weight is 694 g/mol. The summed E-state index contributed by atoms with van der Waals surface area (Å²) in [5, 5.41) is 0. The van der Waals surface area contributed by atoms with Gasteiger partial charge in [0.25, 0.3) is 0 Å². The first-order valence-corrected chi connectivity index (χ1v) is 18.0. The molecule has 2 heterocycles. The van der Waals surface area contributed by atoms with Crippen LogP contribution in [0.3, 0.4) is 0 Å². The number of fused-ring (bicyclic) bond motifs is 7. The summed E-state index contributed by atoms with van der Waals surface area (Å²) < 4.78 is 0. The SMILES string of the molecule is C/C=C/C=C\CNN.C=C.C=C/C1=C(\C=C/C)CC2(c3ccccc3-c3ccccc32)c2cccc(CN=C)c2CS1.C=NCc1ccccn1. The quantitative estimate of drug-likeness (QED) is 0.0602. The van der Waals surface area contributed by atoms with Crippen molar-refractivity contribution in [1.29, 1.82) is 0 Å². The molecule has 4 aromatic rings. The lowest BCUT2D eigenvalue weighted by Crippen LogP contribution is -2.30. The van der Waals surface area contributed by atoms with Gasteiger partial charge in [0.1, 0.15) is 0 Å². The number of benzene rings is 3. The molecule has 1 spiro atoms. The molecule has 0 unspecified atom stereocenters. The van der Waals surface area contributed by atoms with Gasteiger partial charge in [0.15, 0.2) is 0 Å². The molecule has 3 N–H and O–H groups in total. The van der Waals surface area contributed by atoms with Crippen LogP contribution >= 0.6 is 11.8 Å². The number of thioether (sulfide) groups is 1. The van der Waals surface area contributed by atoms with Gasteiger partial charge in [-0.1, -0.05) is 122 Å². The van der Waals surface area contributed by atoms with E-state index in [1.165, 1.54) is 49.4 Å². The van der Waals surface area contributed by atoms with Crippen molar-refractivity contribution < 1.29 is 0 Å². The Morgan fingerprint density at radius 3 is 2.04 bits per heavy atom. The molecule has 0 radical (unpaired) electrons. The van der Waals surface area contributed by atoms with Crippen molar-refractivity contribution in [2.45, 2.75) is 44.5 Å². The van der Waals surface area contributed by atoms with E-state index in [9.17, 15) is 0 Å². The number of nitrogens with one attached hydrogen (secondary N) is 1. The predicted octanol–water partition coefficient (Wildman–Crippen LogP) is 10.5. The minimum Gasteiger partial charge on any atom is -0.296 e. The standard InChI is InChI=1S/C30H27NS.C7H8N2.C6H12N2.C2H4/c1-4-11-21-18-30(26-15-8-6-13-23(26)24-14-7-9-16-27(24)30)28-17-10-12-22(19-31-3)25(28)20-32-29(21)5-2;1-8-6-7-4-2-3-5-9-7;1-2-3-4-5-6-8-7;1-2/h4-17H,2-3,18-20H2,1H3;2-5H,1,6H2;2-5,8H,6-7H2,1H3;1-2H2/b11-4-,29-21-;;3-2+,5-4-;. The smallest absolute Gasteiger partial charge is 0.0804 e. The van der Waals surface area contributed by atoms with Gasteiger partial charge in [-0.15, -0.1) is 24.9 Å². The highest BCUT2D eigenvalue weighted by Gasteiger charge is 2.46. The van der Waals surface area contributed by atoms with E-state index in [2.05, 4.69) is 139 Å². The Morgan fingerprint density at radius 2 is 1.47 bits per heavy atom. The number of nitrogens with two attached hydrogens (primary N) is 1. The molecule has 1 aromatic heterocycles. The van der Waals surface area contributed by atoms with E-state index in [4.69, 9.17) is 5.84 Å². The number of hydrazine groups is 1. The summed E-state index contributed by atoms with van der Waals surface area (Å²) >= 11 is 1.88. The molecular weight excluding hydrogens is 643 g/mol. The Labute approximate surface area is 309 Å². The zero-order chi connectivity index (χ0) is 36.9. The number of aromatic nitrogens is 1. The third kappa shape index (κ3) is 9.98. The number of pyridine rings is 1. The molecule has 0 saturated heterocycles. The third-order valence-corrected chi connectivity index (χ3v) is 9.62. The Morgan fingerprint density at radius 1 is 0.824 bits per heavy atom. The van der Waals surface area contributed by atoms with Gasteiger partial charge in [-0.25, -0.2) is 0 Å². The maximum atomic E-state index is 4.99. The molecule has 0 atom stereocenters. The molecular formula is C45H51N5S. The van der Waals surface area contributed by atoms with Crippen molar-refractivity contribution >= 4 is 25.2 Å². The molecule has 0 saturated carbocycles. The zero-order valence-corrected chi connectivity index (χ0v) is 30.9. The molecule has 6 heteroatoms. The van der Waals surface area contributed by atoms with Gasteiger partial charge in [0.2, 0.25) is 0 Å². The lowest BCUT2D eigenvalue weighted by atomic mass is 9.66. The topological polar surface area (TPSA) is 75.7 Å². The monoisotopic (exact) mass is 693 g/mol. The second-order valence-corrected chi connectivity index (χ2v) is 12.5. The van der Waals surface area contributed by atoms with Crippen LogP contribution in [0.25, 0.3) is 11.1 Å². The summed E-state index contributed by atoms with van der Waals surface area (Å²) in [6.45, 7) is 23.4. The van der Waals surface area contributed by atoms with Crippen LogP contribution in [-0.4, -0.2) is 25.0 Å². The zero-order valence-electron chi connectivity index (χ0n) is 30.1. The van der Waals surface area contributed by atoms with Crippen LogP contribution in [0.15, 0.2) is 174 Å². The van der Waals surface area contributed by atoms with Crippen molar-refractivity contribution in [3.8, 4) is 11.1 Å². The molecule has 6 rings (SSSR count). The summed E-state index contributed by atoms with van der Waals surface area (Å²) in [5.74, 6) is 5.88. The van der Waals surface area contributed by atoms with Crippen molar-refractivity contribution in [3.63, 3.8) is 0 Å². The van der Waals surface area contributed by atoms with E-state index in [-0.39, 0.29) is 5.41 Å². The molecule has 0 bridgehead atoms. The molecule has 3 aromatic carbocycles. The van der Waals surface area contributed by atoms with Gasteiger partial charge in [0, 0.05) is 23.4 Å². The summed E-state index contributed by atoms with van der Waals surface area (Å²) in [6.07, 6.45) is 16.9. The minimum absolute atomic E-state index is 0.246. The molecule has 5 nitrogen and oxygen atoms in total. The van der Waals surface area contributed by atoms with Crippen LogP contribution in [0.5, 0.6) is 0 Å². The van der Waals surface area contributed by atoms with E-state index >= 15 is 0 Å². The van der Waals surface area contributed by atoms with Gasteiger partial charge in [0.05, 0.1) is 24.2 Å². The van der Waals surface area contributed by atoms with Gasteiger partial charge >= 0.3 is 0 Å². The lowest BCUT2D eigenvalue weighted by Gasteiger charge is -2.37. The average Bonchev–Trinajstić information content (AvgIpc) is 3.46. The molecule has 262 valence electrons. The fourth-order valence-electron chi connectivity index (χ4n) is 6.45. The minimum atomic E-state index is -0.246. The molecule has 1 aliphatic carbocycles. The maximum absolute atomic E-state index is 4.99. The van der Waals surface area contributed by atoms with E-state index in [1.54, 1.807) is 6.20 Å². The Hall–Kier alpha value is -5.14. The molecule has 2 aliphatic rings. The van der Waals surface area contributed by atoms with E-state index < -0.39 is 0 Å². The van der Waals surface area contributed by atoms with Crippen molar-refractivity contribution in [2.24, 2.45) is 15.8 Å². The number of allylic oxidation sites excluding steroid dienone is 7. The number of hydrogen-bond donors (Lipinski definition) is 2. The summed E-state index contributed by atoms with van der Waals surface area (Å²) in [6, 6.07) is 30.4. The third-order valence-electron chi connectivity index (χ3n) is 8.45. The predicted molar refractivity (Wildman–Crippen MR) is 224 cm³/mol. The Kier molecular flexibility index (Phi) is 17.3. The first-order valence-electron chi connectivity index (χ1n) is 17.0. The van der Waals surface area contributed by atoms with E-state index in [0.717, 1.165) is 24.4 Å². The van der Waals surface area contributed by atoms with Crippen LogP contribution in [-0.2, 0) is 24.3 Å². The van der Waals surface area contributed by atoms with Crippen LogP contribution in [0.1, 0.15) is 53.8 Å². The number of rotatable bonds is 9. The van der Waals surface area contributed by atoms with Crippen LogP contribution in [0.2, 0.25) is 0 Å². The number of aliphatic imine (C=N–C) groups is 2. The van der Waals surface area contributed by atoms with Gasteiger partial charge in [-0.05, 0) is 90.4 Å². The molecule has 1 aliphatic heterocycles. The van der Waals surface area contributed by atoms with Crippen molar-refractivity contribution in [1.82, 2.24) is 10.4 Å². The largest absolute Gasteiger partial charge is 0.296 e. The van der Waals surface area contributed by atoms with Crippen LogP contribution in [0.4, 0.5) is 0 Å². The van der Waals surface area contributed by atoms with Gasteiger partial charge in [-0.3, -0.25) is 26.2 Å². The van der Waals surface area contributed by atoms with Crippen molar-refractivity contribution in [3.05, 3.63) is 197 Å². The highest BCUT2D eigenvalue weighted by molar-refractivity contribution is 8.02. The number of nitrogens with zero attached hydrogens (tertiary/aromatic N) is 3. The lowest BCUT2D eigenvalue weighted by molar-refractivity contribution is 0.624. The van der Waals surface area contributed by atoms with Crippen LogP contribution in [0, 0.1) is 0 Å². The maximum Gasteiger partial charge on any atom is 0.0804 e. The molecule has 0 fully saturated rings.